The number of nitrogens with two attached hydrogens (primary N) is 1. The zero-order chi connectivity index (χ0) is 7.40. The van der Waals surface area contributed by atoms with Crippen LogP contribution in [0, 0.1) is 5.92 Å². The molecule has 0 amide bonds. The zero-order valence-corrected chi connectivity index (χ0v) is 6.31. The second kappa shape index (κ2) is 3.71. The van der Waals surface area contributed by atoms with Gasteiger partial charge in [0, 0.05) is 18.9 Å². The zero-order valence-electron chi connectivity index (χ0n) is 6.31. The summed E-state index contributed by atoms with van der Waals surface area (Å²) in [6.45, 7) is 0.554. The molecule has 0 spiro atoms. The van der Waals surface area contributed by atoms with Crippen LogP contribution in [0.4, 0.5) is 0 Å². The average molecular weight is 141 g/mol. The van der Waals surface area contributed by atoms with Crippen molar-refractivity contribution in [1.29, 1.82) is 0 Å². The summed E-state index contributed by atoms with van der Waals surface area (Å²) in [7, 11) is 0. The summed E-state index contributed by atoms with van der Waals surface area (Å²) < 4.78 is 0. The molecule has 1 fully saturated rings. The minimum absolute atomic E-state index is 0.183. The Morgan fingerprint density at radius 2 is 2.20 bits per heavy atom. The minimum Gasteiger partial charge on any atom is -0.330 e. The van der Waals surface area contributed by atoms with Gasteiger partial charge in [-0.15, -0.1) is 0 Å². The summed E-state index contributed by atoms with van der Waals surface area (Å²) in [6, 6.07) is 0. The SMILES string of the molecule is NCC1CCCCCC1=O. The maximum Gasteiger partial charge on any atom is 0.137 e. The molecule has 0 aromatic rings. The van der Waals surface area contributed by atoms with Crippen LogP contribution in [0.25, 0.3) is 0 Å². The molecule has 1 aliphatic rings. The van der Waals surface area contributed by atoms with Gasteiger partial charge in [-0.3, -0.25) is 4.79 Å². The van der Waals surface area contributed by atoms with Crippen LogP contribution in [0.5, 0.6) is 0 Å². The Morgan fingerprint density at radius 1 is 1.40 bits per heavy atom. The van der Waals surface area contributed by atoms with Crippen LogP contribution in [-0.4, -0.2) is 12.3 Å². The van der Waals surface area contributed by atoms with Gasteiger partial charge in [-0.05, 0) is 12.8 Å². The summed E-state index contributed by atoms with van der Waals surface area (Å²) in [5.74, 6) is 0.572. The van der Waals surface area contributed by atoms with E-state index >= 15 is 0 Å². The Bertz CT molecular complexity index is 122. The average Bonchev–Trinajstić information content (AvgIpc) is 2.13. The predicted octanol–water partition coefficient (Wildman–Crippen LogP) is 1.09. The number of rotatable bonds is 1. The van der Waals surface area contributed by atoms with Crippen molar-refractivity contribution >= 4 is 5.78 Å². The smallest absolute Gasteiger partial charge is 0.137 e. The maximum absolute atomic E-state index is 11.2. The van der Waals surface area contributed by atoms with Gasteiger partial charge in [-0.25, -0.2) is 0 Å². The number of hydrogen-bond donors (Lipinski definition) is 1. The first-order chi connectivity index (χ1) is 4.84. The van der Waals surface area contributed by atoms with Crippen LogP contribution in [-0.2, 0) is 4.79 Å². The predicted molar refractivity (Wildman–Crippen MR) is 40.6 cm³/mol. The molecule has 0 radical (unpaired) electrons. The molecule has 0 bridgehead atoms. The fourth-order valence-corrected chi connectivity index (χ4v) is 1.48. The van der Waals surface area contributed by atoms with Gasteiger partial charge in [0.15, 0.2) is 0 Å². The molecule has 0 aromatic carbocycles. The van der Waals surface area contributed by atoms with E-state index in [0.29, 0.717) is 12.3 Å². The lowest BCUT2D eigenvalue weighted by Crippen LogP contribution is -2.21. The van der Waals surface area contributed by atoms with Crippen molar-refractivity contribution in [2.24, 2.45) is 11.7 Å². The quantitative estimate of drug-likeness (QED) is 0.555. The number of Topliss-reactive ketones (excluding diaryl/α,β-unsaturated/α-hetero) is 1. The molecular formula is C8H15NO. The normalized spacial score (nSPS) is 28.1. The van der Waals surface area contributed by atoms with E-state index in [1.165, 1.54) is 12.8 Å². The number of carbonyl (C=O) groups is 1. The van der Waals surface area contributed by atoms with E-state index in [2.05, 4.69) is 0 Å². The van der Waals surface area contributed by atoms with Crippen LogP contribution in [0.3, 0.4) is 0 Å². The standard InChI is InChI=1S/C8H15NO/c9-6-7-4-2-1-3-5-8(7)10/h7H,1-6,9H2. The maximum atomic E-state index is 11.2. The summed E-state index contributed by atoms with van der Waals surface area (Å²) in [6.07, 6.45) is 5.27. The van der Waals surface area contributed by atoms with Gasteiger partial charge < -0.3 is 5.73 Å². The molecule has 1 aliphatic carbocycles. The van der Waals surface area contributed by atoms with Gasteiger partial charge in [0.25, 0.3) is 0 Å². The van der Waals surface area contributed by atoms with E-state index in [1.54, 1.807) is 0 Å². The van der Waals surface area contributed by atoms with E-state index in [4.69, 9.17) is 5.73 Å². The van der Waals surface area contributed by atoms with Crippen LogP contribution in [0.15, 0.2) is 0 Å². The monoisotopic (exact) mass is 141 g/mol. The Balaban J connectivity index is 2.43. The second-order valence-corrected chi connectivity index (χ2v) is 3.00. The molecule has 0 aliphatic heterocycles. The van der Waals surface area contributed by atoms with E-state index in [9.17, 15) is 4.79 Å². The first-order valence-electron chi connectivity index (χ1n) is 4.07. The van der Waals surface area contributed by atoms with Gasteiger partial charge in [0.2, 0.25) is 0 Å². The van der Waals surface area contributed by atoms with Crippen LogP contribution < -0.4 is 5.73 Å². The molecule has 1 rings (SSSR count). The Morgan fingerprint density at radius 3 is 2.90 bits per heavy atom. The summed E-state index contributed by atoms with van der Waals surface area (Å²) in [4.78, 5) is 11.2. The molecule has 2 nitrogen and oxygen atoms in total. The summed E-state index contributed by atoms with van der Waals surface area (Å²) in [5.41, 5.74) is 5.44. The second-order valence-electron chi connectivity index (χ2n) is 3.00. The van der Waals surface area contributed by atoms with Crippen LogP contribution in [0.2, 0.25) is 0 Å². The van der Waals surface area contributed by atoms with E-state index in [-0.39, 0.29) is 5.92 Å². The molecule has 10 heavy (non-hydrogen) atoms. The van der Waals surface area contributed by atoms with E-state index in [0.717, 1.165) is 19.3 Å². The Kier molecular flexibility index (Phi) is 2.87. The van der Waals surface area contributed by atoms with Gasteiger partial charge in [-0.1, -0.05) is 12.8 Å². The highest BCUT2D eigenvalue weighted by Crippen LogP contribution is 2.18. The van der Waals surface area contributed by atoms with Gasteiger partial charge in [0.1, 0.15) is 5.78 Å². The number of carbonyl (C=O) groups excluding carboxylic acids is 1. The van der Waals surface area contributed by atoms with Gasteiger partial charge in [0.05, 0.1) is 0 Å². The lowest BCUT2D eigenvalue weighted by atomic mass is 10.00. The molecule has 1 saturated carbocycles. The Hall–Kier alpha value is -0.370. The largest absolute Gasteiger partial charge is 0.330 e. The topological polar surface area (TPSA) is 43.1 Å². The third kappa shape index (κ3) is 1.81. The molecule has 58 valence electrons. The van der Waals surface area contributed by atoms with Crippen molar-refractivity contribution < 1.29 is 4.79 Å². The van der Waals surface area contributed by atoms with Crippen molar-refractivity contribution in [2.45, 2.75) is 32.1 Å². The highest BCUT2D eigenvalue weighted by atomic mass is 16.1. The van der Waals surface area contributed by atoms with E-state index < -0.39 is 0 Å². The van der Waals surface area contributed by atoms with Crippen molar-refractivity contribution in [3.05, 3.63) is 0 Å². The third-order valence-corrected chi connectivity index (χ3v) is 2.22. The summed E-state index contributed by atoms with van der Waals surface area (Å²) in [5, 5.41) is 0. The highest BCUT2D eigenvalue weighted by molar-refractivity contribution is 5.81. The van der Waals surface area contributed by atoms with Gasteiger partial charge >= 0.3 is 0 Å². The van der Waals surface area contributed by atoms with Crippen molar-refractivity contribution in [3.8, 4) is 0 Å². The van der Waals surface area contributed by atoms with E-state index in [1.807, 2.05) is 0 Å². The molecule has 0 saturated heterocycles. The van der Waals surface area contributed by atoms with Crippen molar-refractivity contribution in [3.63, 3.8) is 0 Å². The third-order valence-electron chi connectivity index (χ3n) is 2.22. The van der Waals surface area contributed by atoms with Crippen LogP contribution >= 0.6 is 0 Å². The minimum atomic E-state index is 0.183. The molecule has 0 aromatic heterocycles. The highest BCUT2D eigenvalue weighted by Gasteiger charge is 2.18. The molecule has 2 N–H and O–H groups in total. The van der Waals surface area contributed by atoms with Gasteiger partial charge in [-0.2, -0.15) is 0 Å². The number of ketones is 1. The lowest BCUT2D eigenvalue weighted by Gasteiger charge is -2.07. The first kappa shape index (κ1) is 7.73. The number of hydrogen-bond acceptors (Lipinski definition) is 2. The molecule has 1 unspecified atom stereocenters. The Labute approximate surface area is 61.8 Å². The fourth-order valence-electron chi connectivity index (χ4n) is 1.48. The lowest BCUT2D eigenvalue weighted by molar-refractivity contribution is -0.122. The summed E-state index contributed by atoms with van der Waals surface area (Å²) >= 11 is 0. The van der Waals surface area contributed by atoms with Crippen LogP contribution in [0.1, 0.15) is 32.1 Å². The molecule has 1 atom stereocenters. The first-order valence-corrected chi connectivity index (χ1v) is 4.07. The fraction of sp³-hybridized carbons (Fsp3) is 0.875. The molecular weight excluding hydrogens is 126 g/mol. The van der Waals surface area contributed by atoms with Crippen molar-refractivity contribution in [2.75, 3.05) is 6.54 Å². The van der Waals surface area contributed by atoms with Crippen molar-refractivity contribution in [1.82, 2.24) is 0 Å². The molecule has 2 heteroatoms. The molecule has 0 heterocycles.